The summed E-state index contributed by atoms with van der Waals surface area (Å²) in [6.07, 6.45) is 5.74. The monoisotopic (exact) mass is 332 g/mol. The van der Waals surface area contributed by atoms with E-state index in [-0.39, 0.29) is 0 Å². The van der Waals surface area contributed by atoms with Gasteiger partial charge >= 0.3 is 0 Å². The molecule has 2 aromatic carbocycles. The van der Waals surface area contributed by atoms with Crippen LogP contribution in [-0.4, -0.2) is 21.1 Å². The molecule has 0 spiro atoms. The van der Waals surface area contributed by atoms with Crippen LogP contribution in [0.15, 0.2) is 75.8 Å². The lowest BCUT2D eigenvalue weighted by Crippen LogP contribution is -2.05. The standard InChI is InChI=1S/C19H16N4S/c1-3-7-15(8-4-1)11-12-18-21-22-19-23(18)20-14-17(24-19)13-16-9-5-2-6-10-16/h1-10,13-14H,11-12H2/b17-13-. The summed E-state index contributed by atoms with van der Waals surface area (Å²) in [5.74, 6) is 0.899. The number of aromatic nitrogens is 3. The number of nitrogens with zero attached hydrogens (tertiary/aromatic N) is 4. The molecule has 0 fully saturated rings. The minimum absolute atomic E-state index is 0.822. The van der Waals surface area contributed by atoms with Crippen molar-refractivity contribution >= 4 is 24.1 Å². The number of aryl methyl sites for hydroxylation is 2. The number of allylic oxidation sites excluding steroid dienone is 1. The van der Waals surface area contributed by atoms with Crippen LogP contribution in [0.1, 0.15) is 17.0 Å². The summed E-state index contributed by atoms with van der Waals surface area (Å²) in [6, 6.07) is 20.6. The molecule has 4 rings (SSSR count). The van der Waals surface area contributed by atoms with Gasteiger partial charge in [-0.2, -0.15) is 9.78 Å². The Bertz CT molecular complexity index is 882. The molecule has 2 heterocycles. The highest BCUT2D eigenvalue weighted by atomic mass is 32.2. The zero-order chi connectivity index (χ0) is 16.2. The zero-order valence-electron chi connectivity index (χ0n) is 13.0. The number of hydrogen-bond donors (Lipinski definition) is 0. The first-order chi connectivity index (χ1) is 11.9. The second-order valence-electron chi connectivity index (χ2n) is 5.50. The van der Waals surface area contributed by atoms with E-state index < -0.39 is 0 Å². The maximum atomic E-state index is 4.52. The van der Waals surface area contributed by atoms with Crippen molar-refractivity contribution in [2.24, 2.45) is 5.10 Å². The third kappa shape index (κ3) is 3.31. The Balaban J connectivity index is 1.50. The van der Waals surface area contributed by atoms with Gasteiger partial charge in [0.2, 0.25) is 5.16 Å². The Morgan fingerprint density at radius 2 is 1.62 bits per heavy atom. The summed E-state index contributed by atoms with van der Waals surface area (Å²) in [4.78, 5) is 1.07. The highest BCUT2D eigenvalue weighted by Crippen LogP contribution is 2.29. The second kappa shape index (κ2) is 6.84. The van der Waals surface area contributed by atoms with E-state index in [1.54, 1.807) is 11.8 Å². The second-order valence-corrected chi connectivity index (χ2v) is 6.54. The lowest BCUT2D eigenvalue weighted by atomic mass is 10.1. The molecule has 1 aliphatic heterocycles. The van der Waals surface area contributed by atoms with Crippen LogP contribution in [0, 0.1) is 0 Å². The van der Waals surface area contributed by atoms with Gasteiger partial charge < -0.3 is 0 Å². The zero-order valence-corrected chi connectivity index (χ0v) is 13.9. The van der Waals surface area contributed by atoms with Crippen molar-refractivity contribution in [1.29, 1.82) is 0 Å². The molecule has 0 saturated carbocycles. The summed E-state index contributed by atoms with van der Waals surface area (Å²) in [5, 5.41) is 13.9. The molecule has 0 atom stereocenters. The van der Waals surface area contributed by atoms with Crippen molar-refractivity contribution in [1.82, 2.24) is 14.9 Å². The van der Waals surface area contributed by atoms with Crippen molar-refractivity contribution in [2.75, 3.05) is 0 Å². The summed E-state index contributed by atoms with van der Waals surface area (Å²) >= 11 is 1.60. The van der Waals surface area contributed by atoms with Crippen molar-refractivity contribution in [3.63, 3.8) is 0 Å². The number of rotatable bonds is 4. The molecule has 1 aliphatic rings. The average molecular weight is 332 g/mol. The van der Waals surface area contributed by atoms with E-state index in [9.17, 15) is 0 Å². The summed E-state index contributed by atoms with van der Waals surface area (Å²) < 4.78 is 1.84. The van der Waals surface area contributed by atoms with E-state index in [4.69, 9.17) is 0 Å². The first-order valence-electron chi connectivity index (χ1n) is 7.86. The molecule has 4 nitrogen and oxygen atoms in total. The third-order valence-electron chi connectivity index (χ3n) is 3.77. The Hall–Kier alpha value is -2.66. The van der Waals surface area contributed by atoms with Crippen molar-refractivity contribution in [3.8, 4) is 0 Å². The number of hydrogen-bond acceptors (Lipinski definition) is 4. The molecular formula is C19H16N4S. The molecule has 0 unspecified atom stereocenters. The molecule has 0 amide bonds. The maximum Gasteiger partial charge on any atom is 0.216 e. The average Bonchev–Trinajstić information content (AvgIpc) is 3.04. The molecule has 24 heavy (non-hydrogen) atoms. The van der Waals surface area contributed by atoms with Crippen molar-refractivity contribution < 1.29 is 0 Å². The molecule has 0 saturated heterocycles. The SMILES string of the molecule is C1=Nn2c(CCc3ccccc3)nnc2S/C1=C\c1ccccc1. The van der Waals surface area contributed by atoms with E-state index >= 15 is 0 Å². The van der Waals surface area contributed by atoms with Gasteiger partial charge in [-0.3, -0.25) is 0 Å². The Morgan fingerprint density at radius 3 is 2.42 bits per heavy atom. The van der Waals surface area contributed by atoms with Crippen molar-refractivity contribution in [2.45, 2.75) is 18.0 Å². The lowest BCUT2D eigenvalue weighted by Gasteiger charge is -2.09. The van der Waals surface area contributed by atoms with Gasteiger partial charge in [-0.05, 0) is 35.4 Å². The first-order valence-corrected chi connectivity index (χ1v) is 8.67. The highest BCUT2D eigenvalue weighted by molar-refractivity contribution is 8.04. The lowest BCUT2D eigenvalue weighted by molar-refractivity contribution is 0.704. The fourth-order valence-corrected chi connectivity index (χ4v) is 3.38. The third-order valence-corrected chi connectivity index (χ3v) is 4.67. The van der Waals surface area contributed by atoms with Crippen molar-refractivity contribution in [3.05, 3.63) is 82.5 Å². The van der Waals surface area contributed by atoms with Crippen LogP contribution in [0.25, 0.3) is 6.08 Å². The molecule has 118 valence electrons. The van der Waals surface area contributed by atoms with E-state index in [1.165, 1.54) is 5.56 Å². The van der Waals surface area contributed by atoms with Gasteiger partial charge in [-0.15, -0.1) is 10.2 Å². The smallest absolute Gasteiger partial charge is 0.191 e. The van der Waals surface area contributed by atoms with E-state index in [1.807, 2.05) is 35.2 Å². The quantitative estimate of drug-likeness (QED) is 0.724. The Labute approximate surface area is 144 Å². The van der Waals surface area contributed by atoms with Crippen LogP contribution in [0.3, 0.4) is 0 Å². The summed E-state index contributed by atoms with van der Waals surface area (Å²) in [7, 11) is 0. The van der Waals surface area contributed by atoms with Gasteiger partial charge in [0.05, 0.1) is 6.21 Å². The molecule has 5 heteroatoms. The Morgan fingerprint density at radius 1 is 0.875 bits per heavy atom. The molecule has 0 aliphatic carbocycles. The van der Waals surface area contributed by atoms with E-state index in [0.717, 1.165) is 34.3 Å². The van der Waals surface area contributed by atoms with Crippen LogP contribution in [0.2, 0.25) is 0 Å². The Kier molecular flexibility index (Phi) is 4.25. The van der Waals surface area contributed by atoms with Crippen LogP contribution < -0.4 is 0 Å². The predicted octanol–water partition coefficient (Wildman–Crippen LogP) is 4.04. The van der Waals surface area contributed by atoms with Crippen LogP contribution in [0.4, 0.5) is 0 Å². The van der Waals surface area contributed by atoms with Gasteiger partial charge in [0.15, 0.2) is 5.82 Å². The number of thioether (sulfide) groups is 1. The van der Waals surface area contributed by atoms with Gasteiger partial charge in [-0.1, -0.05) is 60.7 Å². The first kappa shape index (κ1) is 14.9. The van der Waals surface area contributed by atoms with Gasteiger partial charge in [0.25, 0.3) is 0 Å². The minimum atomic E-state index is 0.822. The summed E-state index contributed by atoms with van der Waals surface area (Å²) in [5.41, 5.74) is 2.45. The van der Waals surface area contributed by atoms with Gasteiger partial charge in [-0.25, -0.2) is 0 Å². The molecule has 0 radical (unpaired) electrons. The topological polar surface area (TPSA) is 43.1 Å². The normalized spacial score (nSPS) is 14.8. The molecular weight excluding hydrogens is 316 g/mol. The van der Waals surface area contributed by atoms with Crippen LogP contribution in [-0.2, 0) is 12.8 Å². The van der Waals surface area contributed by atoms with Gasteiger partial charge in [0, 0.05) is 11.3 Å². The molecule has 1 aromatic heterocycles. The van der Waals surface area contributed by atoms with Crippen LogP contribution in [0.5, 0.6) is 0 Å². The van der Waals surface area contributed by atoms with E-state index in [2.05, 4.69) is 57.8 Å². The van der Waals surface area contributed by atoms with E-state index in [0.29, 0.717) is 0 Å². The number of fused-ring (bicyclic) bond motifs is 1. The summed E-state index contributed by atoms with van der Waals surface area (Å²) in [6.45, 7) is 0. The fourth-order valence-electron chi connectivity index (χ4n) is 2.56. The molecule has 0 N–H and O–H groups in total. The predicted molar refractivity (Wildman–Crippen MR) is 98.0 cm³/mol. The highest BCUT2D eigenvalue weighted by Gasteiger charge is 2.17. The van der Waals surface area contributed by atoms with Crippen LogP contribution >= 0.6 is 11.8 Å². The largest absolute Gasteiger partial charge is 0.216 e. The fraction of sp³-hybridized carbons (Fsp3) is 0.105. The van der Waals surface area contributed by atoms with Gasteiger partial charge in [0.1, 0.15) is 0 Å². The maximum absolute atomic E-state index is 4.52. The molecule has 0 bridgehead atoms. The molecule has 3 aromatic rings. The minimum Gasteiger partial charge on any atom is -0.191 e. The number of benzene rings is 2.